The molecule has 0 atom stereocenters. The summed E-state index contributed by atoms with van der Waals surface area (Å²) in [4.78, 5) is 9.82. The van der Waals surface area contributed by atoms with E-state index in [1.807, 2.05) is 12.1 Å². The molecule has 122 valence electrons. The molecular weight excluding hydrogens is 323 g/mol. The van der Waals surface area contributed by atoms with Crippen molar-refractivity contribution in [3.63, 3.8) is 0 Å². The molecule has 3 aromatic rings. The molecule has 0 amide bonds. The van der Waals surface area contributed by atoms with E-state index in [1.54, 1.807) is 42.1 Å². The predicted molar refractivity (Wildman–Crippen MR) is 97.0 cm³/mol. The van der Waals surface area contributed by atoms with Gasteiger partial charge in [0.2, 0.25) is 5.13 Å². The zero-order valence-corrected chi connectivity index (χ0v) is 14.1. The van der Waals surface area contributed by atoms with Crippen molar-refractivity contribution in [3.05, 3.63) is 65.0 Å². The van der Waals surface area contributed by atoms with Gasteiger partial charge < -0.3 is 0 Å². The second-order valence-corrected chi connectivity index (χ2v) is 6.29. The van der Waals surface area contributed by atoms with Gasteiger partial charge in [-0.3, -0.25) is 10.4 Å². The second-order valence-electron chi connectivity index (χ2n) is 5.20. The molecule has 24 heavy (non-hydrogen) atoms. The highest BCUT2D eigenvalue weighted by Gasteiger charge is 2.12. The summed E-state index contributed by atoms with van der Waals surface area (Å²) in [6.45, 7) is 2.13. The van der Waals surface area contributed by atoms with Gasteiger partial charge in [-0.05, 0) is 36.8 Å². The van der Waals surface area contributed by atoms with E-state index in [2.05, 4.69) is 27.4 Å². The first-order chi connectivity index (χ1) is 11.8. The molecule has 0 saturated carbocycles. The maximum absolute atomic E-state index is 13.1. The van der Waals surface area contributed by atoms with Gasteiger partial charge in [0.1, 0.15) is 5.82 Å². The van der Waals surface area contributed by atoms with Crippen molar-refractivity contribution in [2.24, 2.45) is 5.10 Å². The van der Waals surface area contributed by atoms with Crippen molar-refractivity contribution in [2.45, 2.75) is 19.8 Å². The van der Waals surface area contributed by atoms with E-state index in [-0.39, 0.29) is 5.82 Å². The number of hydrogen-bond acceptors (Lipinski definition) is 5. The number of aryl methyl sites for hydroxylation is 1. The normalized spacial score (nSPS) is 11.1. The summed E-state index contributed by atoms with van der Waals surface area (Å²) in [5.41, 5.74) is 5.69. The Morgan fingerprint density at radius 2 is 2.08 bits per heavy atom. The van der Waals surface area contributed by atoms with Crippen LogP contribution in [0.3, 0.4) is 0 Å². The molecule has 0 aliphatic heterocycles. The van der Waals surface area contributed by atoms with Crippen molar-refractivity contribution in [3.8, 4) is 11.3 Å². The minimum absolute atomic E-state index is 0.245. The fourth-order valence-corrected chi connectivity index (χ4v) is 3.28. The smallest absolute Gasteiger partial charge is 0.204 e. The van der Waals surface area contributed by atoms with E-state index in [0.717, 1.165) is 34.8 Å². The predicted octanol–water partition coefficient (Wildman–Crippen LogP) is 4.74. The summed E-state index contributed by atoms with van der Waals surface area (Å²) in [6, 6.07) is 10.2. The van der Waals surface area contributed by atoms with Gasteiger partial charge in [0.15, 0.2) is 0 Å². The number of nitrogens with zero attached hydrogens (tertiary/aromatic N) is 3. The van der Waals surface area contributed by atoms with Crippen molar-refractivity contribution < 1.29 is 4.39 Å². The molecule has 0 radical (unpaired) electrons. The second kappa shape index (κ2) is 7.79. The van der Waals surface area contributed by atoms with E-state index in [0.29, 0.717) is 0 Å². The van der Waals surface area contributed by atoms with Crippen molar-refractivity contribution in [1.29, 1.82) is 0 Å². The Morgan fingerprint density at radius 1 is 1.25 bits per heavy atom. The number of benzene rings is 1. The standard InChI is InChI=1S/C18H17FN4S/c1-2-4-16-17(14-6-8-15(19)9-7-14)22-18(24-16)23-21-12-13-5-3-10-20-11-13/h3,5-12H,2,4H2,1H3,(H,22,23)/b21-12+. The Balaban J connectivity index is 1.80. The molecule has 0 aliphatic rings. The third-order valence-corrected chi connectivity index (χ3v) is 4.37. The molecule has 1 N–H and O–H groups in total. The lowest BCUT2D eigenvalue weighted by molar-refractivity contribution is 0.628. The Kier molecular flexibility index (Phi) is 5.28. The number of hydrazone groups is 1. The van der Waals surface area contributed by atoms with Crippen LogP contribution in [0, 0.1) is 5.82 Å². The third-order valence-electron chi connectivity index (χ3n) is 3.35. The molecule has 6 heteroatoms. The molecule has 0 saturated heterocycles. The number of pyridine rings is 1. The molecule has 1 aromatic carbocycles. The summed E-state index contributed by atoms with van der Waals surface area (Å²) in [6.07, 6.45) is 7.11. The summed E-state index contributed by atoms with van der Waals surface area (Å²) < 4.78 is 13.1. The molecule has 0 fully saturated rings. The summed E-state index contributed by atoms with van der Waals surface area (Å²) in [5, 5.41) is 4.93. The van der Waals surface area contributed by atoms with Crippen LogP contribution < -0.4 is 5.43 Å². The van der Waals surface area contributed by atoms with Gasteiger partial charge in [-0.15, -0.1) is 0 Å². The van der Waals surface area contributed by atoms with Crippen LogP contribution in [-0.4, -0.2) is 16.2 Å². The molecular formula is C18H17FN4S. The lowest BCUT2D eigenvalue weighted by atomic mass is 10.1. The number of aromatic nitrogens is 2. The Morgan fingerprint density at radius 3 is 2.79 bits per heavy atom. The largest absolute Gasteiger partial charge is 0.264 e. The molecule has 0 aliphatic carbocycles. The molecule has 3 rings (SSSR count). The van der Waals surface area contributed by atoms with E-state index >= 15 is 0 Å². The number of rotatable bonds is 6. The number of thiazole rings is 1. The molecule has 0 unspecified atom stereocenters. The van der Waals surface area contributed by atoms with Crippen LogP contribution in [0.2, 0.25) is 0 Å². The Hall–Kier alpha value is -2.60. The van der Waals surface area contributed by atoms with E-state index < -0.39 is 0 Å². The summed E-state index contributed by atoms with van der Waals surface area (Å²) in [5.74, 6) is -0.245. The van der Waals surface area contributed by atoms with E-state index in [4.69, 9.17) is 0 Å². The highest BCUT2D eigenvalue weighted by Crippen LogP contribution is 2.32. The summed E-state index contributed by atoms with van der Waals surface area (Å²) >= 11 is 1.57. The fraction of sp³-hybridized carbons (Fsp3) is 0.167. The maximum Gasteiger partial charge on any atom is 0.204 e. The van der Waals surface area contributed by atoms with Crippen molar-refractivity contribution in [1.82, 2.24) is 9.97 Å². The monoisotopic (exact) mass is 340 g/mol. The maximum atomic E-state index is 13.1. The van der Waals surface area contributed by atoms with Gasteiger partial charge in [0.25, 0.3) is 0 Å². The lowest BCUT2D eigenvalue weighted by Crippen LogP contribution is -1.90. The van der Waals surface area contributed by atoms with Crippen LogP contribution in [0.4, 0.5) is 9.52 Å². The van der Waals surface area contributed by atoms with Crippen LogP contribution in [0.1, 0.15) is 23.8 Å². The van der Waals surface area contributed by atoms with Crippen molar-refractivity contribution in [2.75, 3.05) is 5.43 Å². The lowest BCUT2D eigenvalue weighted by Gasteiger charge is -2.00. The van der Waals surface area contributed by atoms with Crippen molar-refractivity contribution >= 4 is 22.7 Å². The quantitative estimate of drug-likeness (QED) is 0.521. The highest BCUT2D eigenvalue weighted by atomic mass is 32.1. The summed E-state index contributed by atoms with van der Waals surface area (Å²) in [7, 11) is 0. The first-order valence-corrected chi connectivity index (χ1v) is 8.52. The minimum atomic E-state index is -0.245. The highest BCUT2D eigenvalue weighted by molar-refractivity contribution is 7.16. The third kappa shape index (κ3) is 4.02. The van der Waals surface area contributed by atoms with Gasteiger partial charge >= 0.3 is 0 Å². The molecule has 0 bridgehead atoms. The Labute approximate surface area is 144 Å². The van der Waals surface area contributed by atoms with Gasteiger partial charge in [0, 0.05) is 28.4 Å². The SMILES string of the molecule is CCCc1sc(N/N=C/c2cccnc2)nc1-c1ccc(F)cc1. The first kappa shape index (κ1) is 16.3. The van der Waals surface area contributed by atoms with Gasteiger partial charge in [-0.2, -0.15) is 5.10 Å². The number of hydrogen-bond donors (Lipinski definition) is 1. The first-order valence-electron chi connectivity index (χ1n) is 7.71. The Bertz CT molecular complexity index is 813. The van der Waals surface area contributed by atoms with Crippen LogP contribution in [0.15, 0.2) is 53.9 Å². The van der Waals surface area contributed by atoms with Crippen LogP contribution in [0.25, 0.3) is 11.3 Å². The van der Waals surface area contributed by atoms with Gasteiger partial charge in [-0.1, -0.05) is 30.7 Å². The van der Waals surface area contributed by atoms with Crippen LogP contribution in [-0.2, 0) is 6.42 Å². The van der Waals surface area contributed by atoms with E-state index in [1.165, 1.54) is 17.0 Å². The zero-order valence-electron chi connectivity index (χ0n) is 13.2. The average Bonchev–Trinajstić information content (AvgIpc) is 3.00. The van der Waals surface area contributed by atoms with Gasteiger partial charge in [0.05, 0.1) is 11.9 Å². The van der Waals surface area contributed by atoms with Gasteiger partial charge in [-0.25, -0.2) is 9.37 Å². The molecule has 4 nitrogen and oxygen atoms in total. The molecule has 0 spiro atoms. The topological polar surface area (TPSA) is 50.2 Å². The minimum Gasteiger partial charge on any atom is -0.264 e. The molecule has 2 aromatic heterocycles. The number of halogens is 1. The number of anilines is 1. The average molecular weight is 340 g/mol. The van der Waals surface area contributed by atoms with E-state index in [9.17, 15) is 4.39 Å². The zero-order chi connectivity index (χ0) is 16.8. The number of nitrogens with one attached hydrogen (secondary N) is 1. The fourth-order valence-electron chi connectivity index (χ4n) is 2.24. The van der Waals surface area contributed by atoms with Crippen LogP contribution in [0.5, 0.6) is 0 Å². The van der Waals surface area contributed by atoms with Crippen LogP contribution >= 0.6 is 11.3 Å². The molecule has 2 heterocycles.